The molecule has 0 saturated carbocycles. The third-order valence-corrected chi connectivity index (χ3v) is 2.87. The van der Waals surface area contributed by atoms with Crippen LogP contribution in [0.2, 0.25) is 0 Å². The lowest BCUT2D eigenvalue weighted by Crippen LogP contribution is -2.07. The van der Waals surface area contributed by atoms with Gasteiger partial charge in [0.25, 0.3) is 0 Å². The molecule has 0 saturated heterocycles. The van der Waals surface area contributed by atoms with Gasteiger partial charge in [0.1, 0.15) is 17.7 Å². The Bertz CT molecular complexity index is 700. The largest absolute Gasteiger partial charge is 0.478 e. The van der Waals surface area contributed by atoms with Crippen molar-refractivity contribution in [2.45, 2.75) is 0 Å². The monoisotopic (exact) mass is 253 g/mol. The number of aromatic nitrogens is 3. The van der Waals surface area contributed by atoms with E-state index in [1.807, 2.05) is 34.9 Å². The molecule has 0 aliphatic carbocycles. The van der Waals surface area contributed by atoms with Crippen LogP contribution in [0.1, 0.15) is 10.4 Å². The minimum Gasteiger partial charge on any atom is -0.478 e. The molecule has 0 unspecified atom stereocenters. The van der Waals surface area contributed by atoms with E-state index in [0.717, 1.165) is 5.69 Å². The van der Waals surface area contributed by atoms with E-state index >= 15 is 0 Å². The van der Waals surface area contributed by atoms with Crippen molar-refractivity contribution in [1.29, 1.82) is 0 Å². The highest BCUT2D eigenvalue weighted by atomic mass is 16.4. The van der Waals surface area contributed by atoms with Crippen molar-refractivity contribution < 1.29 is 9.90 Å². The number of imidazole rings is 1. The van der Waals surface area contributed by atoms with Crippen LogP contribution in [0.5, 0.6) is 0 Å². The molecule has 0 atom stereocenters. The minimum atomic E-state index is -0.960. The van der Waals surface area contributed by atoms with Crippen molar-refractivity contribution >= 4 is 5.97 Å². The van der Waals surface area contributed by atoms with Gasteiger partial charge in [-0.05, 0) is 18.2 Å². The first-order valence-corrected chi connectivity index (χ1v) is 5.76. The average molecular weight is 253 g/mol. The quantitative estimate of drug-likeness (QED) is 0.779. The Morgan fingerprint density at radius 1 is 1.11 bits per heavy atom. The predicted molar refractivity (Wildman–Crippen MR) is 69.9 cm³/mol. The summed E-state index contributed by atoms with van der Waals surface area (Å²) in [5, 5.41) is 9.28. The Hall–Kier alpha value is -2.82. The van der Waals surface area contributed by atoms with Crippen molar-refractivity contribution in [3.05, 3.63) is 66.9 Å². The molecule has 5 nitrogen and oxygen atoms in total. The normalized spacial score (nSPS) is 10.5. The lowest BCUT2D eigenvalue weighted by molar-refractivity contribution is 0.0697. The fourth-order valence-corrected chi connectivity index (χ4v) is 2.04. The minimum absolute atomic E-state index is 0.238. The number of hydrogen-bond donors (Lipinski definition) is 1. The van der Waals surface area contributed by atoms with Crippen LogP contribution in [0, 0.1) is 0 Å². The lowest BCUT2D eigenvalue weighted by atomic mass is 10.3. The summed E-state index contributed by atoms with van der Waals surface area (Å²) in [5.74, 6) is -0.394. The van der Waals surface area contributed by atoms with E-state index in [-0.39, 0.29) is 5.56 Å². The Morgan fingerprint density at radius 3 is 2.53 bits per heavy atom. The van der Waals surface area contributed by atoms with Crippen LogP contribution in [-0.4, -0.2) is 25.2 Å². The summed E-state index contributed by atoms with van der Waals surface area (Å²) in [6, 6.07) is 11.2. The summed E-state index contributed by atoms with van der Waals surface area (Å²) in [5.41, 5.74) is 1.14. The van der Waals surface area contributed by atoms with Crippen molar-refractivity contribution in [3.63, 3.8) is 0 Å². The first-order chi connectivity index (χ1) is 9.27. The molecule has 1 aromatic carbocycles. The van der Waals surface area contributed by atoms with E-state index in [1.54, 1.807) is 35.6 Å². The van der Waals surface area contributed by atoms with Gasteiger partial charge in [-0.1, -0.05) is 18.2 Å². The van der Waals surface area contributed by atoms with E-state index in [2.05, 4.69) is 4.98 Å². The zero-order valence-electron chi connectivity index (χ0n) is 9.97. The SMILES string of the molecule is O=C(O)c1ccn(-c2ccccc2)c1-n1ccnc1. The van der Waals surface area contributed by atoms with Gasteiger partial charge in [0.15, 0.2) is 0 Å². The highest BCUT2D eigenvalue weighted by Crippen LogP contribution is 2.21. The Balaban J connectivity index is 2.24. The molecule has 0 bridgehead atoms. The smallest absolute Gasteiger partial charge is 0.339 e. The van der Waals surface area contributed by atoms with Gasteiger partial charge >= 0.3 is 5.97 Å². The van der Waals surface area contributed by atoms with Crippen LogP contribution in [-0.2, 0) is 0 Å². The number of aromatic carboxylic acids is 1. The number of carboxylic acid groups (broad SMARTS) is 1. The Labute approximate surface area is 109 Å². The molecule has 0 spiro atoms. The number of hydrogen-bond acceptors (Lipinski definition) is 2. The summed E-state index contributed by atoms with van der Waals surface area (Å²) < 4.78 is 3.52. The first kappa shape index (κ1) is 11.3. The summed E-state index contributed by atoms with van der Waals surface area (Å²) in [4.78, 5) is 15.3. The van der Waals surface area contributed by atoms with Crippen LogP contribution < -0.4 is 0 Å². The summed E-state index contributed by atoms with van der Waals surface area (Å²) in [6.45, 7) is 0. The molecule has 3 aromatic rings. The maximum absolute atomic E-state index is 11.3. The van der Waals surface area contributed by atoms with Crippen LogP contribution >= 0.6 is 0 Å². The highest BCUT2D eigenvalue weighted by molar-refractivity contribution is 5.91. The van der Waals surface area contributed by atoms with Gasteiger partial charge in [0.05, 0.1) is 0 Å². The van der Waals surface area contributed by atoms with Crippen molar-refractivity contribution in [2.24, 2.45) is 0 Å². The van der Waals surface area contributed by atoms with Crippen LogP contribution in [0.3, 0.4) is 0 Å². The number of carbonyl (C=O) groups is 1. The molecular formula is C14H11N3O2. The standard InChI is InChI=1S/C14H11N3O2/c18-14(19)12-6-8-17(11-4-2-1-3-5-11)13(12)16-9-7-15-10-16/h1-10H,(H,18,19). The maximum Gasteiger partial charge on any atom is 0.339 e. The van der Waals surface area contributed by atoms with E-state index < -0.39 is 5.97 Å². The molecule has 0 radical (unpaired) electrons. The van der Waals surface area contributed by atoms with Gasteiger partial charge < -0.3 is 9.67 Å². The van der Waals surface area contributed by atoms with E-state index in [9.17, 15) is 9.90 Å². The topological polar surface area (TPSA) is 60.0 Å². The molecule has 0 amide bonds. The van der Waals surface area contributed by atoms with Crippen molar-refractivity contribution in [1.82, 2.24) is 14.1 Å². The predicted octanol–water partition coefficient (Wildman–Crippen LogP) is 2.36. The molecule has 5 heteroatoms. The second kappa shape index (κ2) is 4.45. The molecule has 1 N–H and O–H groups in total. The number of para-hydroxylation sites is 1. The van der Waals surface area contributed by atoms with Gasteiger partial charge in [-0.2, -0.15) is 0 Å². The number of carboxylic acids is 1. The fraction of sp³-hybridized carbons (Fsp3) is 0. The molecule has 19 heavy (non-hydrogen) atoms. The molecule has 3 rings (SSSR count). The second-order valence-corrected chi connectivity index (χ2v) is 4.03. The third kappa shape index (κ3) is 1.91. The zero-order chi connectivity index (χ0) is 13.2. The maximum atomic E-state index is 11.3. The van der Waals surface area contributed by atoms with E-state index in [4.69, 9.17) is 0 Å². The molecule has 0 aliphatic heterocycles. The Morgan fingerprint density at radius 2 is 1.89 bits per heavy atom. The molecule has 2 aromatic heterocycles. The van der Waals surface area contributed by atoms with Crippen LogP contribution in [0.15, 0.2) is 61.3 Å². The van der Waals surface area contributed by atoms with Crippen LogP contribution in [0.4, 0.5) is 0 Å². The van der Waals surface area contributed by atoms with Crippen molar-refractivity contribution in [3.8, 4) is 11.5 Å². The fourth-order valence-electron chi connectivity index (χ4n) is 2.04. The van der Waals surface area contributed by atoms with E-state index in [1.165, 1.54) is 0 Å². The Kier molecular flexibility index (Phi) is 2.64. The average Bonchev–Trinajstić information content (AvgIpc) is 3.08. The molecule has 2 heterocycles. The zero-order valence-corrected chi connectivity index (χ0v) is 9.97. The molecule has 0 fully saturated rings. The van der Waals surface area contributed by atoms with Gasteiger partial charge in [-0.25, -0.2) is 9.78 Å². The summed E-state index contributed by atoms with van der Waals surface area (Å²) >= 11 is 0. The summed E-state index contributed by atoms with van der Waals surface area (Å²) in [6.07, 6.45) is 6.67. The van der Waals surface area contributed by atoms with Crippen LogP contribution in [0.25, 0.3) is 11.5 Å². The van der Waals surface area contributed by atoms with Gasteiger partial charge in [0, 0.05) is 24.3 Å². The van der Waals surface area contributed by atoms with Gasteiger partial charge in [-0.15, -0.1) is 0 Å². The summed E-state index contributed by atoms with van der Waals surface area (Å²) in [7, 11) is 0. The molecule has 0 aliphatic rings. The third-order valence-electron chi connectivity index (χ3n) is 2.87. The van der Waals surface area contributed by atoms with Gasteiger partial charge in [0.2, 0.25) is 0 Å². The molecule has 94 valence electrons. The van der Waals surface area contributed by atoms with Gasteiger partial charge in [-0.3, -0.25) is 4.57 Å². The number of benzene rings is 1. The molecular weight excluding hydrogens is 242 g/mol. The number of rotatable bonds is 3. The van der Waals surface area contributed by atoms with Crippen molar-refractivity contribution in [2.75, 3.05) is 0 Å². The lowest BCUT2D eigenvalue weighted by Gasteiger charge is -2.10. The van der Waals surface area contributed by atoms with E-state index in [0.29, 0.717) is 5.82 Å². The highest BCUT2D eigenvalue weighted by Gasteiger charge is 2.17. The first-order valence-electron chi connectivity index (χ1n) is 5.76. The second-order valence-electron chi connectivity index (χ2n) is 4.03. The number of nitrogens with zero attached hydrogens (tertiary/aromatic N) is 3.